The third-order valence-electron chi connectivity index (χ3n) is 3.35. The Kier molecular flexibility index (Phi) is 6.06. The molecule has 2 aromatic rings. The zero-order valence-electron chi connectivity index (χ0n) is 11.9. The molecule has 1 aromatic carbocycles. The first-order chi connectivity index (χ1) is 10.3. The predicted octanol–water partition coefficient (Wildman–Crippen LogP) is 2.37. The van der Waals surface area contributed by atoms with Crippen molar-refractivity contribution in [2.75, 3.05) is 13.2 Å². The molecule has 0 aliphatic carbocycles. The van der Waals surface area contributed by atoms with E-state index in [1.165, 1.54) is 0 Å². The van der Waals surface area contributed by atoms with Crippen LogP contribution >= 0.6 is 0 Å². The van der Waals surface area contributed by atoms with Gasteiger partial charge in [0.15, 0.2) is 5.78 Å². The molecular formula is C17H20N2O2. The van der Waals surface area contributed by atoms with E-state index in [-0.39, 0.29) is 18.4 Å². The van der Waals surface area contributed by atoms with Gasteiger partial charge in [-0.15, -0.1) is 0 Å². The molecule has 4 nitrogen and oxygen atoms in total. The van der Waals surface area contributed by atoms with Gasteiger partial charge >= 0.3 is 0 Å². The van der Waals surface area contributed by atoms with Crippen LogP contribution in [0.4, 0.5) is 0 Å². The van der Waals surface area contributed by atoms with Crippen LogP contribution in [0.3, 0.4) is 0 Å². The van der Waals surface area contributed by atoms with Gasteiger partial charge in [-0.05, 0) is 24.1 Å². The molecule has 0 spiro atoms. The molecule has 0 fully saturated rings. The number of pyridine rings is 1. The van der Waals surface area contributed by atoms with Gasteiger partial charge < -0.3 is 10.4 Å². The molecule has 1 aromatic heterocycles. The van der Waals surface area contributed by atoms with Gasteiger partial charge in [-0.25, -0.2) is 0 Å². The largest absolute Gasteiger partial charge is 0.396 e. The smallest absolute Gasteiger partial charge is 0.165 e. The van der Waals surface area contributed by atoms with Gasteiger partial charge in [0.25, 0.3) is 0 Å². The zero-order chi connectivity index (χ0) is 14.9. The van der Waals surface area contributed by atoms with Crippen LogP contribution in [0.5, 0.6) is 0 Å². The fourth-order valence-corrected chi connectivity index (χ4v) is 2.23. The standard InChI is InChI=1S/C17H20N2O2/c20-12-9-16(14-5-2-1-3-6-14)19-11-8-17(21)15-7-4-10-18-13-15/h1-7,10,13,16,19-20H,8-9,11-12H2. The van der Waals surface area contributed by atoms with Crippen molar-refractivity contribution in [2.45, 2.75) is 18.9 Å². The molecule has 21 heavy (non-hydrogen) atoms. The van der Waals surface area contributed by atoms with Crippen LogP contribution in [0, 0.1) is 0 Å². The van der Waals surface area contributed by atoms with E-state index in [4.69, 9.17) is 5.11 Å². The van der Waals surface area contributed by atoms with Crippen molar-refractivity contribution >= 4 is 5.78 Å². The Labute approximate surface area is 124 Å². The summed E-state index contributed by atoms with van der Waals surface area (Å²) in [7, 11) is 0. The van der Waals surface area contributed by atoms with Gasteiger partial charge in [0.2, 0.25) is 0 Å². The second-order valence-electron chi connectivity index (χ2n) is 4.84. The summed E-state index contributed by atoms with van der Waals surface area (Å²) in [5, 5.41) is 12.5. The molecule has 1 unspecified atom stereocenters. The molecule has 0 saturated carbocycles. The highest BCUT2D eigenvalue weighted by Crippen LogP contribution is 2.16. The summed E-state index contributed by atoms with van der Waals surface area (Å²) in [4.78, 5) is 15.9. The molecule has 0 aliphatic rings. The van der Waals surface area contributed by atoms with E-state index < -0.39 is 0 Å². The van der Waals surface area contributed by atoms with Crippen molar-refractivity contribution in [3.05, 3.63) is 66.0 Å². The fraction of sp³-hybridized carbons (Fsp3) is 0.294. The van der Waals surface area contributed by atoms with Crippen LogP contribution in [0.15, 0.2) is 54.9 Å². The fourth-order valence-electron chi connectivity index (χ4n) is 2.23. The molecule has 0 radical (unpaired) electrons. The maximum absolute atomic E-state index is 12.0. The lowest BCUT2D eigenvalue weighted by Gasteiger charge is -2.18. The summed E-state index contributed by atoms with van der Waals surface area (Å²) in [5.41, 5.74) is 1.76. The van der Waals surface area contributed by atoms with E-state index in [1.54, 1.807) is 24.5 Å². The van der Waals surface area contributed by atoms with Crippen molar-refractivity contribution < 1.29 is 9.90 Å². The molecule has 2 N–H and O–H groups in total. The SMILES string of the molecule is O=C(CCNC(CCO)c1ccccc1)c1cccnc1. The number of aromatic nitrogens is 1. The molecule has 1 heterocycles. The molecule has 0 bridgehead atoms. The normalized spacial score (nSPS) is 12.0. The average Bonchev–Trinajstić information content (AvgIpc) is 2.55. The highest BCUT2D eigenvalue weighted by atomic mass is 16.3. The molecule has 0 saturated heterocycles. The maximum atomic E-state index is 12.0. The maximum Gasteiger partial charge on any atom is 0.165 e. The Morgan fingerprint density at radius 3 is 2.67 bits per heavy atom. The Hall–Kier alpha value is -2.04. The minimum atomic E-state index is 0.0675. The molecule has 0 amide bonds. The number of carbonyl (C=O) groups is 1. The molecular weight excluding hydrogens is 264 g/mol. The minimum absolute atomic E-state index is 0.0675. The number of hydrogen-bond acceptors (Lipinski definition) is 4. The van der Waals surface area contributed by atoms with Gasteiger partial charge in [0.1, 0.15) is 0 Å². The van der Waals surface area contributed by atoms with Crippen molar-refractivity contribution in [1.82, 2.24) is 10.3 Å². The number of benzene rings is 1. The van der Waals surface area contributed by atoms with Crippen LogP contribution < -0.4 is 5.32 Å². The van der Waals surface area contributed by atoms with Gasteiger partial charge in [-0.3, -0.25) is 9.78 Å². The number of aliphatic hydroxyl groups excluding tert-OH is 1. The third-order valence-corrected chi connectivity index (χ3v) is 3.35. The second kappa shape index (κ2) is 8.29. The van der Waals surface area contributed by atoms with E-state index in [1.807, 2.05) is 30.3 Å². The van der Waals surface area contributed by atoms with E-state index in [9.17, 15) is 4.79 Å². The van der Waals surface area contributed by atoms with Crippen molar-refractivity contribution in [2.24, 2.45) is 0 Å². The van der Waals surface area contributed by atoms with Crippen LogP contribution in [0.25, 0.3) is 0 Å². The Morgan fingerprint density at radius 1 is 1.19 bits per heavy atom. The summed E-state index contributed by atoms with van der Waals surface area (Å²) in [6.45, 7) is 0.691. The van der Waals surface area contributed by atoms with Crippen LogP contribution in [0.1, 0.15) is 34.8 Å². The van der Waals surface area contributed by atoms with Crippen LogP contribution in [0.2, 0.25) is 0 Å². The molecule has 4 heteroatoms. The minimum Gasteiger partial charge on any atom is -0.396 e. The Morgan fingerprint density at radius 2 is 2.00 bits per heavy atom. The lowest BCUT2D eigenvalue weighted by molar-refractivity contribution is 0.0981. The van der Waals surface area contributed by atoms with Gasteiger partial charge in [0.05, 0.1) is 0 Å². The first-order valence-corrected chi connectivity index (χ1v) is 7.13. The van der Waals surface area contributed by atoms with Crippen LogP contribution in [-0.2, 0) is 0 Å². The second-order valence-corrected chi connectivity index (χ2v) is 4.84. The van der Waals surface area contributed by atoms with E-state index in [2.05, 4.69) is 10.3 Å². The summed E-state index contributed by atoms with van der Waals surface area (Å²) in [6.07, 6.45) is 4.29. The van der Waals surface area contributed by atoms with Crippen molar-refractivity contribution in [1.29, 1.82) is 0 Å². The average molecular weight is 284 g/mol. The van der Waals surface area contributed by atoms with E-state index in [0.717, 1.165) is 5.56 Å². The Bertz CT molecular complexity index is 543. The first kappa shape index (κ1) is 15.4. The topological polar surface area (TPSA) is 62.2 Å². The van der Waals surface area contributed by atoms with Crippen molar-refractivity contribution in [3.8, 4) is 0 Å². The monoisotopic (exact) mass is 284 g/mol. The molecule has 110 valence electrons. The number of Topliss-reactive ketones (excluding diaryl/α,β-unsaturated/α-hetero) is 1. The summed E-state index contributed by atoms with van der Waals surface area (Å²) in [6, 6.07) is 13.6. The Balaban J connectivity index is 1.87. The van der Waals surface area contributed by atoms with Gasteiger partial charge in [-0.1, -0.05) is 30.3 Å². The van der Waals surface area contributed by atoms with Crippen LogP contribution in [-0.4, -0.2) is 29.0 Å². The number of carbonyl (C=O) groups excluding carboxylic acids is 1. The summed E-state index contributed by atoms with van der Waals surface area (Å²) < 4.78 is 0. The summed E-state index contributed by atoms with van der Waals surface area (Å²) in [5.74, 6) is 0.0754. The quantitative estimate of drug-likeness (QED) is 0.731. The lowest BCUT2D eigenvalue weighted by Crippen LogP contribution is -2.25. The number of nitrogens with one attached hydrogen (secondary N) is 1. The molecule has 0 aliphatic heterocycles. The van der Waals surface area contributed by atoms with Crippen molar-refractivity contribution in [3.63, 3.8) is 0 Å². The predicted molar refractivity (Wildman–Crippen MR) is 82.1 cm³/mol. The number of hydrogen-bond donors (Lipinski definition) is 2. The highest BCUT2D eigenvalue weighted by molar-refractivity contribution is 5.95. The highest BCUT2D eigenvalue weighted by Gasteiger charge is 2.11. The summed E-state index contributed by atoms with van der Waals surface area (Å²) >= 11 is 0. The van der Waals surface area contributed by atoms with E-state index >= 15 is 0 Å². The number of rotatable bonds is 8. The molecule has 2 rings (SSSR count). The molecule has 1 atom stereocenters. The third kappa shape index (κ3) is 4.77. The van der Waals surface area contributed by atoms with E-state index in [0.29, 0.717) is 24.9 Å². The first-order valence-electron chi connectivity index (χ1n) is 7.13. The lowest BCUT2D eigenvalue weighted by atomic mass is 10.0. The number of ketones is 1. The number of aliphatic hydroxyl groups is 1. The number of nitrogens with zero attached hydrogens (tertiary/aromatic N) is 1. The van der Waals surface area contributed by atoms with Gasteiger partial charge in [-0.2, -0.15) is 0 Å². The zero-order valence-corrected chi connectivity index (χ0v) is 11.9. The van der Waals surface area contributed by atoms with Gasteiger partial charge in [0, 0.05) is 43.6 Å².